The Balaban J connectivity index is 1.53. The van der Waals surface area contributed by atoms with Gasteiger partial charge in [-0.25, -0.2) is 0 Å². The summed E-state index contributed by atoms with van der Waals surface area (Å²) in [6.07, 6.45) is -1.05. The van der Waals surface area contributed by atoms with Crippen LogP contribution in [0.4, 0.5) is 0 Å². The molecule has 0 N–H and O–H groups in total. The second-order valence-corrected chi connectivity index (χ2v) is 9.77. The number of carbonyl (C=O) groups is 1. The fraction of sp³-hybridized carbons (Fsp3) is 0.367. The second-order valence-electron chi connectivity index (χ2n) is 9.77. The average molecular weight is 473 g/mol. The van der Waals surface area contributed by atoms with Crippen molar-refractivity contribution in [1.29, 1.82) is 0 Å². The van der Waals surface area contributed by atoms with E-state index < -0.39 is 11.4 Å². The van der Waals surface area contributed by atoms with Crippen LogP contribution >= 0.6 is 0 Å². The molecule has 0 amide bonds. The topological polar surface area (TPSA) is 54.0 Å². The standard InChI is InChI=1S/C30H32O5/c1-21(31)19-25-27-28(35-29(2,3)34-27)26(33-25)20-32-30(22-13-7-4-8-14-22,23-15-9-5-10-16-23)24-17-11-6-12-18-24/h4-18,25-28H,19-20H2,1-3H3/t25?,26-,27+,28-/m1/s1. The summed E-state index contributed by atoms with van der Waals surface area (Å²) in [5.41, 5.74) is 2.22. The number of hydrogen-bond acceptors (Lipinski definition) is 5. The number of rotatable bonds is 8. The Morgan fingerprint density at radius 1 is 0.771 bits per heavy atom. The summed E-state index contributed by atoms with van der Waals surface area (Å²) in [5, 5.41) is 0. The Morgan fingerprint density at radius 3 is 1.63 bits per heavy atom. The normalized spacial score (nSPS) is 25.3. The maximum absolute atomic E-state index is 11.9. The monoisotopic (exact) mass is 472 g/mol. The minimum Gasteiger partial charge on any atom is -0.366 e. The van der Waals surface area contributed by atoms with E-state index in [2.05, 4.69) is 36.4 Å². The Bertz CT molecular complexity index is 1030. The summed E-state index contributed by atoms with van der Waals surface area (Å²) in [6, 6.07) is 30.7. The quantitative estimate of drug-likeness (QED) is 0.419. The number of ketones is 1. The van der Waals surface area contributed by atoms with Crippen molar-refractivity contribution >= 4 is 5.78 Å². The Hall–Kier alpha value is -2.83. The third kappa shape index (κ3) is 4.69. The van der Waals surface area contributed by atoms with E-state index in [1.165, 1.54) is 0 Å². The third-order valence-electron chi connectivity index (χ3n) is 6.74. The summed E-state index contributed by atoms with van der Waals surface area (Å²) >= 11 is 0. The highest BCUT2D eigenvalue weighted by Gasteiger charge is 2.55. The van der Waals surface area contributed by atoms with Gasteiger partial charge >= 0.3 is 0 Å². The van der Waals surface area contributed by atoms with E-state index >= 15 is 0 Å². The summed E-state index contributed by atoms with van der Waals surface area (Å²) in [4.78, 5) is 11.9. The van der Waals surface area contributed by atoms with E-state index in [4.69, 9.17) is 18.9 Å². The predicted octanol–water partition coefficient (Wildman–Crippen LogP) is 5.26. The average Bonchev–Trinajstić information content (AvgIpc) is 3.34. The van der Waals surface area contributed by atoms with Gasteiger partial charge in [-0.3, -0.25) is 4.79 Å². The Kier molecular flexibility index (Phi) is 6.60. The van der Waals surface area contributed by atoms with E-state index in [-0.39, 0.29) is 43.2 Å². The molecule has 4 atom stereocenters. The van der Waals surface area contributed by atoms with E-state index in [0.29, 0.717) is 0 Å². The SMILES string of the molecule is CC(=O)CC1O[C@H](COC(c2ccccc2)(c2ccccc2)c2ccccc2)[C@H]2OC(C)(C)O[C@@H]12. The van der Waals surface area contributed by atoms with Gasteiger partial charge in [-0.1, -0.05) is 91.0 Å². The second kappa shape index (κ2) is 9.67. The zero-order valence-electron chi connectivity index (χ0n) is 20.4. The third-order valence-corrected chi connectivity index (χ3v) is 6.74. The number of hydrogen-bond donors (Lipinski definition) is 0. The molecule has 2 fully saturated rings. The van der Waals surface area contributed by atoms with Crippen molar-refractivity contribution < 1.29 is 23.7 Å². The van der Waals surface area contributed by atoms with Gasteiger partial charge in [-0.2, -0.15) is 0 Å². The lowest BCUT2D eigenvalue weighted by Crippen LogP contribution is -2.39. The zero-order valence-corrected chi connectivity index (χ0v) is 20.4. The van der Waals surface area contributed by atoms with Crippen LogP contribution in [0.25, 0.3) is 0 Å². The van der Waals surface area contributed by atoms with Crippen LogP contribution in [0.1, 0.15) is 43.9 Å². The maximum atomic E-state index is 11.9. The lowest BCUT2D eigenvalue weighted by Gasteiger charge is -2.37. The highest BCUT2D eigenvalue weighted by atomic mass is 16.8. The molecule has 0 saturated carbocycles. The number of benzene rings is 3. The molecule has 2 aliphatic heterocycles. The molecule has 182 valence electrons. The van der Waals surface area contributed by atoms with Gasteiger partial charge in [0.15, 0.2) is 5.79 Å². The van der Waals surface area contributed by atoms with Crippen molar-refractivity contribution in [2.24, 2.45) is 0 Å². The molecular formula is C30H32O5. The van der Waals surface area contributed by atoms with Gasteiger partial charge in [-0.15, -0.1) is 0 Å². The number of Topliss-reactive ketones (excluding diaryl/α,β-unsaturated/α-hetero) is 1. The van der Waals surface area contributed by atoms with Gasteiger partial charge in [0, 0.05) is 6.42 Å². The van der Waals surface area contributed by atoms with Crippen molar-refractivity contribution in [2.75, 3.05) is 6.61 Å². The Labute approximate surface area is 207 Å². The fourth-order valence-electron chi connectivity index (χ4n) is 5.33. The summed E-state index contributed by atoms with van der Waals surface area (Å²) in [7, 11) is 0. The Morgan fingerprint density at radius 2 is 1.20 bits per heavy atom. The highest BCUT2D eigenvalue weighted by molar-refractivity contribution is 5.76. The van der Waals surface area contributed by atoms with Crippen molar-refractivity contribution in [3.8, 4) is 0 Å². The zero-order chi connectivity index (χ0) is 24.5. The van der Waals surface area contributed by atoms with Crippen molar-refractivity contribution in [3.63, 3.8) is 0 Å². The largest absolute Gasteiger partial charge is 0.366 e. The molecule has 5 heteroatoms. The van der Waals surface area contributed by atoms with E-state index in [0.717, 1.165) is 16.7 Å². The molecule has 5 rings (SSSR count). The van der Waals surface area contributed by atoms with Gasteiger partial charge < -0.3 is 18.9 Å². The number of fused-ring (bicyclic) bond motifs is 1. The molecule has 0 bridgehead atoms. The molecule has 5 nitrogen and oxygen atoms in total. The first-order valence-corrected chi connectivity index (χ1v) is 12.2. The van der Waals surface area contributed by atoms with Gasteiger partial charge in [-0.05, 0) is 37.5 Å². The van der Waals surface area contributed by atoms with Gasteiger partial charge in [0.2, 0.25) is 0 Å². The molecular weight excluding hydrogens is 440 g/mol. The summed E-state index contributed by atoms with van der Waals surface area (Å²) < 4.78 is 25.7. The van der Waals surface area contributed by atoms with Crippen LogP contribution < -0.4 is 0 Å². The summed E-state index contributed by atoms with van der Waals surface area (Å²) in [5.74, 6) is -0.669. The van der Waals surface area contributed by atoms with Crippen LogP contribution in [-0.2, 0) is 29.3 Å². The van der Waals surface area contributed by atoms with Gasteiger partial charge in [0.25, 0.3) is 0 Å². The molecule has 2 aliphatic rings. The molecule has 3 aromatic rings. The van der Waals surface area contributed by atoms with E-state index in [9.17, 15) is 4.79 Å². The number of carbonyl (C=O) groups excluding carboxylic acids is 1. The molecule has 0 radical (unpaired) electrons. The predicted molar refractivity (Wildman–Crippen MR) is 133 cm³/mol. The van der Waals surface area contributed by atoms with Crippen LogP contribution in [0.15, 0.2) is 91.0 Å². The minimum atomic E-state index is -0.851. The smallest absolute Gasteiger partial charge is 0.164 e. The first-order chi connectivity index (χ1) is 16.9. The number of ether oxygens (including phenoxy) is 4. The first kappa shape index (κ1) is 23.9. The first-order valence-electron chi connectivity index (χ1n) is 12.2. The molecule has 35 heavy (non-hydrogen) atoms. The van der Waals surface area contributed by atoms with Crippen LogP contribution in [0.2, 0.25) is 0 Å². The molecule has 0 aromatic heterocycles. The van der Waals surface area contributed by atoms with Crippen molar-refractivity contribution in [3.05, 3.63) is 108 Å². The van der Waals surface area contributed by atoms with E-state index in [1.54, 1.807) is 6.92 Å². The molecule has 2 heterocycles. The highest BCUT2D eigenvalue weighted by Crippen LogP contribution is 2.44. The lowest BCUT2D eigenvalue weighted by atomic mass is 9.80. The molecule has 1 unspecified atom stereocenters. The van der Waals surface area contributed by atoms with Crippen molar-refractivity contribution in [2.45, 2.75) is 63.0 Å². The lowest BCUT2D eigenvalue weighted by molar-refractivity contribution is -0.196. The molecule has 3 aromatic carbocycles. The van der Waals surface area contributed by atoms with Crippen molar-refractivity contribution in [1.82, 2.24) is 0 Å². The molecule has 0 spiro atoms. The fourth-order valence-corrected chi connectivity index (χ4v) is 5.33. The van der Waals surface area contributed by atoms with Crippen LogP contribution in [0.3, 0.4) is 0 Å². The van der Waals surface area contributed by atoms with Gasteiger partial charge in [0.05, 0.1) is 12.7 Å². The van der Waals surface area contributed by atoms with E-state index in [1.807, 2.05) is 68.4 Å². The van der Waals surface area contributed by atoms with Crippen LogP contribution in [0, 0.1) is 0 Å². The molecule has 0 aliphatic carbocycles. The maximum Gasteiger partial charge on any atom is 0.164 e. The minimum absolute atomic E-state index is 0.0656. The van der Waals surface area contributed by atoms with Gasteiger partial charge in [0.1, 0.15) is 29.7 Å². The molecule has 2 saturated heterocycles. The van der Waals surface area contributed by atoms with Crippen LogP contribution in [-0.4, -0.2) is 42.6 Å². The van der Waals surface area contributed by atoms with Crippen LogP contribution in [0.5, 0.6) is 0 Å². The summed E-state index contributed by atoms with van der Waals surface area (Å²) in [6.45, 7) is 5.65.